The summed E-state index contributed by atoms with van der Waals surface area (Å²) in [7, 11) is 0. The molecule has 0 amide bonds. The second kappa shape index (κ2) is 7.59. The standard InChI is InChI=1S/C16H20FN3OS2/c17-13-6-4-12(5-7-13)10-18-14-19-20-15(23-14)22-11-16(21)8-2-1-3-9-16/h4-7,21H,1-3,8-11H2,(H,18,19). The Bertz CT molecular complexity index is 627. The van der Waals surface area contributed by atoms with Gasteiger partial charge >= 0.3 is 0 Å². The van der Waals surface area contributed by atoms with Crippen molar-refractivity contribution in [2.24, 2.45) is 0 Å². The van der Waals surface area contributed by atoms with Crippen LogP contribution in [0.4, 0.5) is 9.52 Å². The lowest BCUT2D eigenvalue weighted by Crippen LogP contribution is -2.33. The Kier molecular flexibility index (Phi) is 5.50. The highest BCUT2D eigenvalue weighted by Crippen LogP contribution is 2.35. The van der Waals surface area contributed by atoms with Gasteiger partial charge in [-0.15, -0.1) is 10.2 Å². The minimum Gasteiger partial charge on any atom is -0.389 e. The second-order valence-corrected chi connectivity index (χ2v) is 8.13. The van der Waals surface area contributed by atoms with Crippen LogP contribution in [0.15, 0.2) is 28.6 Å². The van der Waals surface area contributed by atoms with Gasteiger partial charge in [-0.2, -0.15) is 0 Å². The number of benzene rings is 1. The van der Waals surface area contributed by atoms with E-state index in [0.29, 0.717) is 12.3 Å². The number of anilines is 1. The average Bonchev–Trinajstić information content (AvgIpc) is 3.01. The second-order valence-electron chi connectivity index (χ2n) is 5.93. The van der Waals surface area contributed by atoms with E-state index in [9.17, 15) is 9.50 Å². The summed E-state index contributed by atoms with van der Waals surface area (Å²) < 4.78 is 13.7. The summed E-state index contributed by atoms with van der Waals surface area (Å²) in [6.45, 7) is 0.587. The van der Waals surface area contributed by atoms with Gasteiger partial charge in [0.05, 0.1) is 5.60 Å². The molecule has 1 fully saturated rings. The highest BCUT2D eigenvalue weighted by atomic mass is 32.2. The van der Waals surface area contributed by atoms with Gasteiger partial charge in [0.25, 0.3) is 0 Å². The minimum atomic E-state index is -0.545. The first-order valence-electron chi connectivity index (χ1n) is 7.80. The lowest BCUT2D eigenvalue weighted by Gasteiger charge is -2.31. The van der Waals surface area contributed by atoms with Crippen LogP contribution in [-0.4, -0.2) is 26.7 Å². The highest BCUT2D eigenvalue weighted by molar-refractivity contribution is 8.01. The zero-order valence-electron chi connectivity index (χ0n) is 12.8. The van der Waals surface area contributed by atoms with Gasteiger partial charge in [0, 0.05) is 12.3 Å². The third-order valence-corrected chi connectivity index (χ3v) is 6.30. The van der Waals surface area contributed by atoms with Crippen molar-refractivity contribution >= 4 is 28.2 Å². The summed E-state index contributed by atoms with van der Waals surface area (Å²) in [6, 6.07) is 6.39. The lowest BCUT2D eigenvalue weighted by atomic mass is 9.86. The van der Waals surface area contributed by atoms with Crippen molar-refractivity contribution in [2.45, 2.75) is 48.6 Å². The molecular formula is C16H20FN3OS2. The maximum Gasteiger partial charge on any atom is 0.206 e. The molecule has 0 aliphatic heterocycles. The highest BCUT2D eigenvalue weighted by Gasteiger charge is 2.29. The topological polar surface area (TPSA) is 58.0 Å². The van der Waals surface area contributed by atoms with E-state index in [2.05, 4.69) is 15.5 Å². The van der Waals surface area contributed by atoms with Crippen LogP contribution in [0.1, 0.15) is 37.7 Å². The number of aromatic nitrogens is 2. The molecule has 1 saturated carbocycles. The van der Waals surface area contributed by atoms with E-state index in [1.54, 1.807) is 23.9 Å². The van der Waals surface area contributed by atoms with Crippen LogP contribution in [0.25, 0.3) is 0 Å². The van der Waals surface area contributed by atoms with Crippen molar-refractivity contribution < 1.29 is 9.50 Å². The predicted octanol–water partition coefficient (Wildman–Crippen LogP) is 4.08. The fourth-order valence-corrected chi connectivity index (χ4v) is 4.57. The van der Waals surface area contributed by atoms with Gasteiger partial charge in [-0.25, -0.2) is 4.39 Å². The Morgan fingerprint density at radius 3 is 2.65 bits per heavy atom. The predicted molar refractivity (Wildman–Crippen MR) is 92.4 cm³/mol. The van der Waals surface area contributed by atoms with Gasteiger partial charge in [0.2, 0.25) is 5.13 Å². The maximum absolute atomic E-state index is 12.9. The van der Waals surface area contributed by atoms with E-state index >= 15 is 0 Å². The van der Waals surface area contributed by atoms with Crippen LogP contribution < -0.4 is 5.32 Å². The number of aliphatic hydroxyl groups is 1. The van der Waals surface area contributed by atoms with Crippen LogP contribution in [0.5, 0.6) is 0 Å². The molecule has 0 bridgehead atoms. The molecule has 4 nitrogen and oxygen atoms in total. The largest absolute Gasteiger partial charge is 0.389 e. The van der Waals surface area contributed by atoms with Crippen molar-refractivity contribution in [3.05, 3.63) is 35.6 Å². The SMILES string of the molecule is OC1(CSc2nnc(NCc3ccc(F)cc3)s2)CCCCC1. The van der Waals surface area contributed by atoms with Gasteiger partial charge < -0.3 is 10.4 Å². The number of rotatable bonds is 6. The summed E-state index contributed by atoms with van der Waals surface area (Å²) in [4.78, 5) is 0. The van der Waals surface area contributed by atoms with Gasteiger partial charge in [0.1, 0.15) is 5.82 Å². The Hall–Kier alpha value is -1.18. The molecule has 0 radical (unpaired) electrons. The van der Waals surface area contributed by atoms with Crippen molar-refractivity contribution in [3.8, 4) is 0 Å². The number of thioether (sulfide) groups is 1. The first-order chi connectivity index (χ1) is 11.1. The molecule has 7 heteroatoms. The molecule has 0 saturated heterocycles. The number of nitrogens with zero attached hydrogens (tertiary/aromatic N) is 2. The zero-order chi connectivity index (χ0) is 16.1. The van der Waals surface area contributed by atoms with Gasteiger partial charge in [-0.05, 0) is 30.5 Å². The molecule has 3 rings (SSSR count). The molecule has 23 heavy (non-hydrogen) atoms. The summed E-state index contributed by atoms with van der Waals surface area (Å²) in [5, 5.41) is 22.7. The number of hydrogen-bond acceptors (Lipinski definition) is 6. The van der Waals surface area contributed by atoms with Gasteiger partial charge in [-0.3, -0.25) is 0 Å². The lowest BCUT2D eigenvalue weighted by molar-refractivity contribution is 0.0273. The average molecular weight is 353 g/mol. The maximum atomic E-state index is 12.9. The first-order valence-corrected chi connectivity index (χ1v) is 9.60. The van der Waals surface area contributed by atoms with Crippen LogP contribution >= 0.6 is 23.1 Å². The Morgan fingerprint density at radius 1 is 1.17 bits per heavy atom. The Morgan fingerprint density at radius 2 is 1.91 bits per heavy atom. The normalized spacial score (nSPS) is 17.1. The molecule has 0 spiro atoms. The summed E-state index contributed by atoms with van der Waals surface area (Å²) in [6.07, 6.45) is 5.21. The Labute approximate surface area is 143 Å². The van der Waals surface area contributed by atoms with Crippen LogP contribution in [0, 0.1) is 5.82 Å². The van der Waals surface area contributed by atoms with E-state index in [4.69, 9.17) is 0 Å². The summed E-state index contributed by atoms with van der Waals surface area (Å²) >= 11 is 3.06. The number of halogens is 1. The molecule has 1 aromatic carbocycles. The van der Waals surface area contributed by atoms with E-state index in [-0.39, 0.29) is 5.82 Å². The van der Waals surface area contributed by atoms with Crippen molar-refractivity contribution in [3.63, 3.8) is 0 Å². The minimum absolute atomic E-state index is 0.232. The third kappa shape index (κ3) is 4.89. The van der Waals surface area contributed by atoms with Crippen LogP contribution in [0.3, 0.4) is 0 Å². The molecule has 2 N–H and O–H groups in total. The molecule has 0 unspecified atom stereocenters. The zero-order valence-corrected chi connectivity index (χ0v) is 14.4. The number of nitrogens with one attached hydrogen (secondary N) is 1. The third-order valence-electron chi connectivity index (χ3n) is 4.01. The number of hydrogen-bond donors (Lipinski definition) is 2. The molecule has 0 atom stereocenters. The van der Waals surface area contributed by atoms with Crippen molar-refractivity contribution in [1.29, 1.82) is 0 Å². The van der Waals surface area contributed by atoms with E-state index in [1.807, 2.05) is 0 Å². The van der Waals surface area contributed by atoms with E-state index < -0.39 is 5.60 Å². The molecular weight excluding hydrogens is 333 g/mol. The Balaban J connectivity index is 1.48. The van der Waals surface area contributed by atoms with Crippen LogP contribution in [0.2, 0.25) is 0 Å². The molecule has 1 aliphatic rings. The molecule has 1 aromatic heterocycles. The van der Waals surface area contributed by atoms with Gasteiger partial charge in [0.15, 0.2) is 4.34 Å². The van der Waals surface area contributed by atoms with E-state index in [1.165, 1.54) is 29.9 Å². The monoisotopic (exact) mass is 353 g/mol. The smallest absolute Gasteiger partial charge is 0.206 e. The fraction of sp³-hybridized carbons (Fsp3) is 0.500. The van der Waals surface area contributed by atoms with E-state index in [0.717, 1.165) is 40.7 Å². The molecule has 124 valence electrons. The fourth-order valence-electron chi connectivity index (χ4n) is 2.67. The van der Waals surface area contributed by atoms with Crippen molar-refractivity contribution in [1.82, 2.24) is 10.2 Å². The van der Waals surface area contributed by atoms with Crippen LogP contribution in [-0.2, 0) is 6.54 Å². The quantitative estimate of drug-likeness (QED) is 0.767. The molecule has 1 heterocycles. The van der Waals surface area contributed by atoms with Crippen molar-refractivity contribution in [2.75, 3.05) is 11.1 Å². The molecule has 1 aliphatic carbocycles. The summed E-state index contributed by atoms with van der Waals surface area (Å²) in [5.74, 6) is 0.448. The van der Waals surface area contributed by atoms with Gasteiger partial charge in [-0.1, -0.05) is 54.5 Å². The molecule has 2 aromatic rings. The summed E-state index contributed by atoms with van der Waals surface area (Å²) in [5.41, 5.74) is 0.448. The first kappa shape index (κ1) is 16.7.